The summed E-state index contributed by atoms with van der Waals surface area (Å²) in [5, 5.41) is 3.53. The molecule has 88 valence electrons. The van der Waals surface area contributed by atoms with E-state index in [0.29, 0.717) is 6.04 Å². The van der Waals surface area contributed by atoms with Gasteiger partial charge < -0.3 is 5.32 Å². The Hall–Kier alpha value is -1.83. The van der Waals surface area contributed by atoms with Crippen LogP contribution >= 0.6 is 0 Å². The highest BCUT2D eigenvalue weighted by atomic mass is 14.9. The van der Waals surface area contributed by atoms with Crippen molar-refractivity contribution < 1.29 is 0 Å². The van der Waals surface area contributed by atoms with Crippen LogP contribution in [0, 0.1) is 13.8 Å². The van der Waals surface area contributed by atoms with Crippen LogP contribution in [-0.4, -0.2) is 4.98 Å². The summed E-state index contributed by atoms with van der Waals surface area (Å²) in [4.78, 5) is 4.04. The van der Waals surface area contributed by atoms with Gasteiger partial charge in [-0.2, -0.15) is 0 Å². The molecule has 0 aliphatic heterocycles. The van der Waals surface area contributed by atoms with Gasteiger partial charge in [0, 0.05) is 24.1 Å². The molecule has 1 heterocycles. The van der Waals surface area contributed by atoms with Crippen molar-refractivity contribution in [2.24, 2.45) is 0 Å². The fraction of sp³-hybridized carbons (Fsp3) is 0.267. The minimum absolute atomic E-state index is 0.291. The Kier molecular flexibility index (Phi) is 3.43. The summed E-state index contributed by atoms with van der Waals surface area (Å²) >= 11 is 0. The summed E-state index contributed by atoms with van der Waals surface area (Å²) in [6.45, 7) is 6.41. The Morgan fingerprint density at radius 1 is 1.06 bits per heavy atom. The first-order valence-electron chi connectivity index (χ1n) is 5.90. The number of rotatable bonds is 3. The lowest BCUT2D eigenvalue weighted by molar-refractivity contribution is 0.878. The molecule has 2 nitrogen and oxygen atoms in total. The lowest BCUT2D eigenvalue weighted by Gasteiger charge is -2.17. The number of nitrogens with one attached hydrogen (secondary N) is 1. The SMILES string of the molecule is Cc1ccc(NC(C)c2ccncc2)c(C)c1. The summed E-state index contributed by atoms with van der Waals surface area (Å²) in [7, 11) is 0. The van der Waals surface area contributed by atoms with Crippen molar-refractivity contribution in [3.8, 4) is 0 Å². The van der Waals surface area contributed by atoms with Crippen LogP contribution < -0.4 is 5.32 Å². The fourth-order valence-corrected chi connectivity index (χ4v) is 1.94. The van der Waals surface area contributed by atoms with E-state index in [4.69, 9.17) is 0 Å². The van der Waals surface area contributed by atoms with Gasteiger partial charge in [-0.1, -0.05) is 17.7 Å². The molecular formula is C15H18N2. The van der Waals surface area contributed by atoms with Gasteiger partial charge in [-0.05, 0) is 50.1 Å². The molecule has 2 aromatic rings. The maximum Gasteiger partial charge on any atom is 0.0486 e. The highest BCUT2D eigenvalue weighted by molar-refractivity contribution is 5.53. The lowest BCUT2D eigenvalue weighted by Crippen LogP contribution is -2.07. The van der Waals surface area contributed by atoms with Crippen molar-refractivity contribution in [3.63, 3.8) is 0 Å². The number of nitrogens with zero attached hydrogens (tertiary/aromatic N) is 1. The van der Waals surface area contributed by atoms with E-state index in [9.17, 15) is 0 Å². The molecule has 0 amide bonds. The third-order valence-corrected chi connectivity index (χ3v) is 2.96. The molecule has 2 rings (SSSR count). The normalized spacial score (nSPS) is 12.2. The molecule has 17 heavy (non-hydrogen) atoms. The number of benzene rings is 1. The average Bonchev–Trinajstić information content (AvgIpc) is 2.34. The summed E-state index contributed by atoms with van der Waals surface area (Å²) in [6, 6.07) is 10.8. The number of aromatic nitrogens is 1. The largest absolute Gasteiger partial charge is 0.378 e. The Morgan fingerprint density at radius 3 is 2.41 bits per heavy atom. The van der Waals surface area contributed by atoms with Crippen molar-refractivity contribution in [3.05, 3.63) is 59.4 Å². The molecule has 0 aliphatic carbocycles. The Morgan fingerprint density at radius 2 is 1.76 bits per heavy atom. The number of hydrogen-bond acceptors (Lipinski definition) is 2. The smallest absolute Gasteiger partial charge is 0.0486 e. The van der Waals surface area contributed by atoms with Crippen molar-refractivity contribution >= 4 is 5.69 Å². The van der Waals surface area contributed by atoms with Crippen molar-refractivity contribution in [2.45, 2.75) is 26.8 Å². The molecule has 1 aromatic carbocycles. The van der Waals surface area contributed by atoms with Gasteiger partial charge in [0.1, 0.15) is 0 Å². The van der Waals surface area contributed by atoms with Gasteiger partial charge in [0.15, 0.2) is 0 Å². The minimum Gasteiger partial charge on any atom is -0.378 e. The molecule has 0 spiro atoms. The molecule has 2 heteroatoms. The first-order valence-corrected chi connectivity index (χ1v) is 5.90. The van der Waals surface area contributed by atoms with Gasteiger partial charge >= 0.3 is 0 Å². The van der Waals surface area contributed by atoms with Gasteiger partial charge in [-0.15, -0.1) is 0 Å². The minimum atomic E-state index is 0.291. The van der Waals surface area contributed by atoms with E-state index in [1.165, 1.54) is 22.4 Å². The third-order valence-electron chi connectivity index (χ3n) is 2.96. The zero-order chi connectivity index (χ0) is 12.3. The van der Waals surface area contributed by atoms with Crippen molar-refractivity contribution in [1.82, 2.24) is 4.98 Å². The topological polar surface area (TPSA) is 24.9 Å². The molecule has 1 unspecified atom stereocenters. The van der Waals surface area contributed by atoms with Crippen LogP contribution in [0.1, 0.15) is 29.7 Å². The molecule has 0 saturated heterocycles. The molecule has 1 N–H and O–H groups in total. The second-order valence-electron chi connectivity index (χ2n) is 4.46. The van der Waals surface area contributed by atoms with Crippen LogP contribution in [0.5, 0.6) is 0 Å². The van der Waals surface area contributed by atoms with E-state index in [2.05, 4.69) is 49.3 Å². The zero-order valence-corrected chi connectivity index (χ0v) is 10.6. The maximum absolute atomic E-state index is 4.04. The number of hydrogen-bond donors (Lipinski definition) is 1. The third kappa shape index (κ3) is 2.84. The molecule has 1 aromatic heterocycles. The van der Waals surface area contributed by atoms with Crippen molar-refractivity contribution in [1.29, 1.82) is 0 Å². The van der Waals surface area contributed by atoms with E-state index < -0.39 is 0 Å². The molecular weight excluding hydrogens is 208 g/mol. The van der Waals surface area contributed by atoms with E-state index in [-0.39, 0.29) is 0 Å². The summed E-state index contributed by atoms with van der Waals surface area (Å²) < 4.78 is 0. The molecule has 0 bridgehead atoms. The average molecular weight is 226 g/mol. The van der Waals surface area contributed by atoms with Crippen LogP contribution in [0.15, 0.2) is 42.7 Å². The lowest BCUT2D eigenvalue weighted by atomic mass is 10.1. The van der Waals surface area contributed by atoms with Crippen molar-refractivity contribution in [2.75, 3.05) is 5.32 Å². The van der Waals surface area contributed by atoms with Gasteiger partial charge in [0.2, 0.25) is 0 Å². The molecule has 0 radical (unpaired) electrons. The molecule has 0 aliphatic rings. The van der Waals surface area contributed by atoms with Crippen LogP contribution in [0.3, 0.4) is 0 Å². The predicted molar refractivity (Wildman–Crippen MR) is 72.2 cm³/mol. The molecule has 0 fully saturated rings. The summed E-state index contributed by atoms with van der Waals surface area (Å²) in [5.41, 5.74) is 5.02. The fourth-order valence-electron chi connectivity index (χ4n) is 1.94. The van der Waals surface area contributed by atoms with E-state index in [1.54, 1.807) is 0 Å². The van der Waals surface area contributed by atoms with E-state index in [0.717, 1.165) is 0 Å². The number of aryl methyl sites for hydroxylation is 2. The Balaban J connectivity index is 2.16. The van der Waals surface area contributed by atoms with E-state index >= 15 is 0 Å². The van der Waals surface area contributed by atoms with Crippen LogP contribution in [0.4, 0.5) is 5.69 Å². The first kappa shape index (κ1) is 11.6. The molecule has 1 atom stereocenters. The van der Waals surface area contributed by atoms with Crippen LogP contribution in [0.25, 0.3) is 0 Å². The Labute approximate surface area is 103 Å². The Bertz CT molecular complexity index is 492. The number of pyridine rings is 1. The standard InChI is InChI=1S/C15H18N2/c1-11-4-5-15(12(2)10-11)17-13(3)14-6-8-16-9-7-14/h4-10,13,17H,1-3H3. The molecule has 0 saturated carbocycles. The maximum atomic E-state index is 4.04. The second-order valence-corrected chi connectivity index (χ2v) is 4.46. The second kappa shape index (κ2) is 5.00. The van der Waals surface area contributed by atoms with Crippen LogP contribution in [-0.2, 0) is 0 Å². The van der Waals surface area contributed by atoms with Gasteiger partial charge in [-0.3, -0.25) is 4.98 Å². The van der Waals surface area contributed by atoms with E-state index in [1.807, 2.05) is 24.5 Å². The predicted octanol–water partition coefficient (Wildman–Crippen LogP) is 3.87. The number of anilines is 1. The van der Waals surface area contributed by atoms with Gasteiger partial charge in [0.05, 0.1) is 0 Å². The first-order chi connectivity index (χ1) is 8.16. The summed E-state index contributed by atoms with van der Waals surface area (Å²) in [6.07, 6.45) is 3.66. The van der Waals surface area contributed by atoms with Gasteiger partial charge in [-0.25, -0.2) is 0 Å². The highest BCUT2D eigenvalue weighted by Crippen LogP contribution is 2.22. The monoisotopic (exact) mass is 226 g/mol. The summed E-state index contributed by atoms with van der Waals surface area (Å²) in [5.74, 6) is 0. The van der Waals surface area contributed by atoms with Crippen LogP contribution in [0.2, 0.25) is 0 Å². The highest BCUT2D eigenvalue weighted by Gasteiger charge is 2.06. The van der Waals surface area contributed by atoms with Gasteiger partial charge in [0.25, 0.3) is 0 Å². The zero-order valence-electron chi connectivity index (χ0n) is 10.6. The quantitative estimate of drug-likeness (QED) is 0.859.